The third kappa shape index (κ3) is 3.28. The molecule has 1 unspecified atom stereocenters. The van der Waals surface area contributed by atoms with Gasteiger partial charge in [0, 0.05) is 17.2 Å². The zero-order chi connectivity index (χ0) is 21.6. The Morgan fingerprint density at radius 1 is 0.833 bits per heavy atom. The number of hydrogen-bond acceptors (Lipinski definition) is 7. The van der Waals surface area contributed by atoms with Crippen molar-refractivity contribution in [1.29, 1.82) is 0 Å². The van der Waals surface area contributed by atoms with Crippen molar-refractivity contribution in [1.82, 2.24) is 4.90 Å². The Morgan fingerprint density at radius 2 is 1.53 bits per heavy atom. The molecule has 3 aromatic rings. The monoisotopic (exact) mass is 409 g/mol. The van der Waals surface area contributed by atoms with Gasteiger partial charge in [0.15, 0.2) is 17.2 Å². The Morgan fingerprint density at radius 3 is 2.20 bits per heavy atom. The van der Waals surface area contributed by atoms with Gasteiger partial charge in [-0.05, 0) is 53.9 Å². The summed E-state index contributed by atoms with van der Waals surface area (Å²) in [5.41, 5.74) is 1.63. The summed E-state index contributed by atoms with van der Waals surface area (Å²) in [6.07, 6.45) is 0.172. The van der Waals surface area contributed by atoms with Crippen LogP contribution in [-0.2, 0) is 13.0 Å². The minimum Gasteiger partial charge on any atom is -0.508 e. The first-order valence-electron chi connectivity index (χ1n) is 9.13. The van der Waals surface area contributed by atoms with Crippen LogP contribution in [0.2, 0.25) is 0 Å². The summed E-state index contributed by atoms with van der Waals surface area (Å²) in [6, 6.07) is 10.3. The van der Waals surface area contributed by atoms with E-state index in [4.69, 9.17) is 0 Å². The van der Waals surface area contributed by atoms with E-state index in [0.29, 0.717) is 16.7 Å². The molecule has 3 aromatic carbocycles. The molecule has 0 fully saturated rings. The lowest BCUT2D eigenvalue weighted by Gasteiger charge is -2.38. The second-order valence-corrected chi connectivity index (χ2v) is 7.21. The summed E-state index contributed by atoms with van der Waals surface area (Å²) in [5, 5.41) is 59.4. The summed E-state index contributed by atoms with van der Waals surface area (Å²) in [5.74, 6) is -2.57. The van der Waals surface area contributed by atoms with Crippen molar-refractivity contribution in [3.05, 3.63) is 70.8 Å². The molecule has 0 aromatic heterocycles. The molecule has 4 rings (SSSR count). The molecule has 1 aliphatic rings. The van der Waals surface area contributed by atoms with E-state index in [0.717, 1.165) is 0 Å². The maximum absolute atomic E-state index is 13.3. The van der Waals surface area contributed by atoms with E-state index in [-0.39, 0.29) is 35.8 Å². The number of rotatable bonds is 2. The first kappa shape index (κ1) is 19.3. The number of carbonyl (C=O) groups is 1. The van der Waals surface area contributed by atoms with Gasteiger partial charge in [-0.15, -0.1) is 0 Å². The average Bonchev–Trinajstić information content (AvgIpc) is 2.70. The predicted molar refractivity (Wildman–Crippen MR) is 106 cm³/mol. The molecule has 1 aliphatic heterocycles. The van der Waals surface area contributed by atoms with Crippen LogP contribution < -0.4 is 0 Å². The van der Waals surface area contributed by atoms with E-state index < -0.39 is 29.2 Å². The first-order valence-corrected chi connectivity index (χ1v) is 9.13. The Labute approximate surface area is 171 Å². The van der Waals surface area contributed by atoms with E-state index >= 15 is 0 Å². The van der Waals surface area contributed by atoms with Crippen LogP contribution in [0.3, 0.4) is 0 Å². The van der Waals surface area contributed by atoms with Crippen LogP contribution in [-0.4, -0.2) is 41.4 Å². The highest BCUT2D eigenvalue weighted by molar-refractivity contribution is 5.95. The molecule has 0 saturated heterocycles. The molecular formula is C22H19NO7. The number of phenolic OH excluding ortho intramolecular Hbond substituents is 6. The number of aromatic hydroxyl groups is 6. The average molecular weight is 409 g/mol. The van der Waals surface area contributed by atoms with Gasteiger partial charge < -0.3 is 35.5 Å². The first-order chi connectivity index (χ1) is 14.2. The number of phenols is 6. The molecule has 8 heteroatoms. The van der Waals surface area contributed by atoms with E-state index in [1.807, 2.05) is 0 Å². The van der Waals surface area contributed by atoms with Gasteiger partial charge in [-0.25, -0.2) is 0 Å². The molecule has 30 heavy (non-hydrogen) atoms. The highest BCUT2D eigenvalue weighted by atomic mass is 16.3. The van der Waals surface area contributed by atoms with Gasteiger partial charge in [0.05, 0.1) is 12.6 Å². The SMILES string of the molecule is O=C(c1cccc(O)c1)N1Cc2c(O)cc(O)cc2CC1c1cc(O)c(O)c(O)c1. The minimum atomic E-state index is -0.689. The van der Waals surface area contributed by atoms with Crippen molar-refractivity contribution in [3.8, 4) is 34.5 Å². The smallest absolute Gasteiger partial charge is 0.254 e. The molecule has 0 aliphatic carbocycles. The summed E-state index contributed by atoms with van der Waals surface area (Å²) in [6.45, 7) is -0.0109. The largest absolute Gasteiger partial charge is 0.508 e. The van der Waals surface area contributed by atoms with Gasteiger partial charge in [0.2, 0.25) is 0 Å². The summed E-state index contributed by atoms with van der Waals surface area (Å²) in [7, 11) is 0. The van der Waals surface area contributed by atoms with Crippen molar-refractivity contribution in [2.75, 3.05) is 0 Å². The molecule has 0 saturated carbocycles. The lowest BCUT2D eigenvalue weighted by atomic mass is 9.88. The highest BCUT2D eigenvalue weighted by Gasteiger charge is 2.34. The maximum Gasteiger partial charge on any atom is 0.254 e. The third-order valence-corrected chi connectivity index (χ3v) is 5.25. The molecule has 6 N–H and O–H groups in total. The van der Waals surface area contributed by atoms with Crippen LogP contribution >= 0.6 is 0 Å². The molecule has 8 nitrogen and oxygen atoms in total. The maximum atomic E-state index is 13.3. The normalized spacial score (nSPS) is 15.6. The topological polar surface area (TPSA) is 142 Å². The van der Waals surface area contributed by atoms with Crippen LogP contribution in [0.25, 0.3) is 0 Å². The molecule has 1 heterocycles. The standard InChI is InChI=1S/C22H19NO7/c24-14-3-1-2-11(4-14)22(30)23-10-16-12(5-15(25)9-18(16)26)6-17(23)13-7-19(27)21(29)20(28)8-13/h1-5,7-9,17,24-29H,6,10H2. The lowest BCUT2D eigenvalue weighted by Crippen LogP contribution is -2.39. The van der Waals surface area contributed by atoms with Crippen molar-refractivity contribution >= 4 is 5.91 Å². The minimum absolute atomic E-state index is 0.0109. The van der Waals surface area contributed by atoms with Gasteiger partial charge in [-0.2, -0.15) is 0 Å². The van der Waals surface area contributed by atoms with Crippen LogP contribution in [0.4, 0.5) is 0 Å². The fourth-order valence-electron chi connectivity index (χ4n) is 3.80. The third-order valence-electron chi connectivity index (χ3n) is 5.25. The lowest BCUT2D eigenvalue weighted by molar-refractivity contribution is 0.0634. The molecular weight excluding hydrogens is 390 g/mol. The van der Waals surface area contributed by atoms with Crippen LogP contribution in [0.1, 0.15) is 33.1 Å². The van der Waals surface area contributed by atoms with Crippen molar-refractivity contribution in [3.63, 3.8) is 0 Å². The number of amides is 1. The molecule has 0 bridgehead atoms. The van der Waals surface area contributed by atoms with Crippen LogP contribution in [0, 0.1) is 0 Å². The number of nitrogens with zero attached hydrogens (tertiary/aromatic N) is 1. The Balaban J connectivity index is 1.84. The zero-order valence-corrected chi connectivity index (χ0v) is 15.6. The molecule has 0 radical (unpaired) electrons. The van der Waals surface area contributed by atoms with E-state index in [9.17, 15) is 35.4 Å². The van der Waals surface area contributed by atoms with Crippen LogP contribution in [0.15, 0.2) is 48.5 Å². The van der Waals surface area contributed by atoms with Gasteiger partial charge in [0.25, 0.3) is 5.91 Å². The van der Waals surface area contributed by atoms with Gasteiger partial charge in [0.1, 0.15) is 17.2 Å². The van der Waals surface area contributed by atoms with Crippen molar-refractivity contribution < 1.29 is 35.4 Å². The molecule has 1 amide bonds. The number of benzene rings is 3. The van der Waals surface area contributed by atoms with Crippen molar-refractivity contribution in [2.45, 2.75) is 19.0 Å². The van der Waals surface area contributed by atoms with Gasteiger partial charge in [-0.3, -0.25) is 4.79 Å². The molecule has 0 spiro atoms. The fourth-order valence-corrected chi connectivity index (χ4v) is 3.80. The van der Waals surface area contributed by atoms with E-state index in [1.165, 1.54) is 53.4 Å². The van der Waals surface area contributed by atoms with Crippen LogP contribution in [0.5, 0.6) is 34.5 Å². The summed E-state index contributed by atoms with van der Waals surface area (Å²) in [4.78, 5) is 14.7. The Bertz CT molecular complexity index is 1140. The zero-order valence-electron chi connectivity index (χ0n) is 15.6. The number of hydrogen-bond donors (Lipinski definition) is 6. The van der Waals surface area contributed by atoms with Gasteiger partial charge in [-0.1, -0.05) is 6.07 Å². The molecule has 154 valence electrons. The highest BCUT2D eigenvalue weighted by Crippen LogP contribution is 2.43. The second-order valence-electron chi connectivity index (χ2n) is 7.21. The summed E-state index contributed by atoms with van der Waals surface area (Å²) < 4.78 is 0. The fraction of sp³-hybridized carbons (Fsp3) is 0.136. The number of fused-ring (bicyclic) bond motifs is 1. The predicted octanol–water partition coefficient (Wildman–Crippen LogP) is 2.86. The Kier molecular flexibility index (Phi) is 4.54. The van der Waals surface area contributed by atoms with E-state index in [2.05, 4.69) is 0 Å². The summed E-state index contributed by atoms with van der Waals surface area (Å²) >= 11 is 0. The quantitative estimate of drug-likeness (QED) is 0.357. The van der Waals surface area contributed by atoms with Crippen molar-refractivity contribution in [2.24, 2.45) is 0 Å². The Hall–Kier alpha value is -4.07. The van der Waals surface area contributed by atoms with E-state index in [1.54, 1.807) is 0 Å². The number of carbonyl (C=O) groups excluding carboxylic acids is 1. The molecule has 1 atom stereocenters. The van der Waals surface area contributed by atoms with Gasteiger partial charge >= 0.3 is 0 Å². The second kappa shape index (κ2) is 7.07.